The average Bonchev–Trinajstić information content (AvgIpc) is 2.65. The minimum Gasteiger partial charge on any atom is -0.391 e. The van der Waals surface area contributed by atoms with E-state index < -0.39 is 0 Å². The van der Waals surface area contributed by atoms with Gasteiger partial charge in [-0.3, -0.25) is 4.40 Å². The molecule has 0 aliphatic heterocycles. The van der Waals surface area contributed by atoms with E-state index in [1.54, 1.807) is 6.33 Å². The largest absolute Gasteiger partial charge is 0.391 e. The number of fused-ring (bicyclic) bond motifs is 1. The van der Waals surface area contributed by atoms with Crippen molar-refractivity contribution in [3.8, 4) is 0 Å². The van der Waals surface area contributed by atoms with Crippen LogP contribution in [0.3, 0.4) is 0 Å². The van der Waals surface area contributed by atoms with Gasteiger partial charge < -0.3 is 10.2 Å². The standard InChI is InChI=1S/C7H7IN2O2S/c8-6-7-10(3-9-6)4(1-11)5(2-12)13-7/h3,11-12H,1-2H2. The average molecular weight is 310 g/mol. The third-order valence-electron chi connectivity index (χ3n) is 1.81. The van der Waals surface area contributed by atoms with Crippen LogP contribution in [0.15, 0.2) is 6.33 Å². The zero-order valence-corrected chi connectivity index (χ0v) is 9.54. The molecule has 4 nitrogen and oxygen atoms in total. The first kappa shape index (κ1) is 9.38. The smallest absolute Gasteiger partial charge is 0.137 e. The van der Waals surface area contributed by atoms with Gasteiger partial charge in [-0.25, -0.2) is 4.98 Å². The summed E-state index contributed by atoms with van der Waals surface area (Å²) in [6, 6.07) is 0. The lowest BCUT2D eigenvalue weighted by molar-refractivity contribution is 0.258. The van der Waals surface area contributed by atoms with Gasteiger partial charge >= 0.3 is 0 Å². The molecule has 0 saturated carbocycles. The molecule has 2 aromatic heterocycles. The Bertz CT molecular complexity index is 437. The highest BCUT2D eigenvalue weighted by atomic mass is 127. The summed E-state index contributed by atoms with van der Waals surface area (Å²) in [5.74, 6) is 0. The molecule has 0 saturated heterocycles. The minimum atomic E-state index is -0.0671. The van der Waals surface area contributed by atoms with E-state index in [0.717, 1.165) is 19.1 Å². The Morgan fingerprint density at radius 3 is 2.85 bits per heavy atom. The molecule has 0 amide bonds. The molecule has 2 heterocycles. The van der Waals surface area contributed by atoms with Crippen LogP contribution >= 0.6 is 33.9 Å². The van der Waals surface area contributed by atoms with E-state index in [4.69, 9.17) is 10.2 Å². The highest BCUT2D eigenvalue weighted by molar-refractivity contribution is 14.1. The molecule has 0 spiro atoms. The predicted octanol–water partition coefficient (Wildman–Crippen LogP) is 0.985. The van der Waals surface area contributed by atoms with Crippen molar-refractivity contribution in [3.63, 3.8) is 0 Å². The van der Waals surface area contributed by atoms with Gasteiger partial charge in [0.2, 0.25) is 0 Å². The van der Waals surface area contributed by atoms with Crippen LogP contribution in [0.25, 0.3) is 4.83 Å². The SMILES string of the molecule is OCc1sc2c(I)ncn2c1CO. The lowest BCUT2D eigenvalue weighted by Gasteiger charge is -1.95. The molecule has 2 aromatic rings. The fourth-order valence-corrected chi connectivity index (χ4v) is 2.88. The second-order valence-corrected chi connectivity index (χ2v) is 4.60. The Morgan fingerprint density at radius 1 is 1.46 bits per heavy atom. The van der Waals surface area contributed by atoms with E-state index in [0.29, 0.717) is 0 Å². The first-order valence-corrected chi connectivity index (χ1v) is 5.52. The summed E-state index contributed by atoms with van der Waals surface area (Å²) in [4.78, 5) is 5.89. The minimum absolute atomic E-state index is 0.0294. The third-order valence-corrected chi connectivity index (χ3v) is 4.16. The van der Waals surface area contributed by atoms with Crippen molar-refractivity contribution in [2.45, 2.75) is 13.2 Å². The van der Waals surface area contributed by atoms with Crippen molar-refractivity contribution >= 4 is 38.8 Å². The molecule has 0 radical (unpaired) electrons. The van der Waals surface area contributed by atoms with Crippen LogP contribution < -0.4 is 0 Å². The summed E-state index contributed by atoms with van der Waals surface area (Å²) in [5, 5.41) is 18.1. The molecule has 0 fully saturated rings. The lowest BCUT2D eigenvalue weighted by Crippen LogP contribution is -1.93. The lowest BCUT2D eigenvalue weighted by atomic mass is 10.4. The summed E-state index contributed by atoms with van der Waals surface area (Å²) in [7, 11) is 0. The van der Waals surface area contributed by atoms with Gasteiger partial charge in [-0.2, -0.15) is 0 Å². The molecule has 70 valence electrons. The predicted molar refractivity (Wildman–Crippen MR) is 57.6 cm³/mol. The molecule has 2 N–H and O–H groups in total. The molecule has 6 heteroatoms. The van der Waals surface area contributed by atoms with Gasteiger partial charge in [-0.1, -0.05) is 0 Å². The van der Waals surface area contributed by atoms with Gasteiger partial charge in [0, 0.05) is 0 Å². The number of thiazole rings is 1. The Morgan fingerprint density at radius 2 is 2.23 bits per heavy atom. The first-order valence-electron chi connectivity index (χ1n) is 3.62. The molecule has 0 aliphatic rings. The molecule has 0 bridgehead atoms. The summed E-state index contributed by atoms with van der Waals surface area (Å²) < 4.78 is 2.72. The Balaban J connectivity index is 2.74. The number of imidazole rings is 1. The Labute approximate surface area is 92.0 Å². The first-order chi connectivity index (χ1) is 6.27. The van der Waals surface area contributed by atoms with Crippen LogP contribution in [0, 0.1) is 3.70 Å². The molecular weight excluding hydrogens is 303 g/mol. The van der Waals surface area contributed by atoms with Crippen LogP contribution in [0.5, 0.6) is 0 Å². The van der Waals surface area contributed by atoms with Crippen LogP contribution in [-0.4, -0.2) is 19.6 Å². The van der Waals surface area contributed by atoms with Crippen LogP contribution in [-0.2, 0) is 13.2 Å². The number of hydrogen-bond acceptors (Lipinski definition) is 4. The van der Waals surface area contributed by atoms with Crippen molar-refractivity contribution < 1.29 is 10.2 Å². The van der Waals surface area contributed by atoms with E-state index in [9.17, 15) is 0 Å². The summed E-state index contributed by atoms with van der Waals surface area (Å²) in [6.45, 7) is -0.0966. The summed E-state index contributed by atoms with van der Waals surface area (Å²) in [6.07, 6.45) is 1.66. The molecule has 0 aliphatic carbocycles. The number of rotatable bonds is 2. The van der Waals surface area contributed by atoms with Gasteiger partial charge in [0.15, 0.2) is 0 Å². The number of hydrogen-bond donors (Lipinski definition) is 2. The van der Waals surface area contributed by atoms with E-state index in [-0.39, 0.29) is 13.2 Å². The van der Waals surface area contributed by atoms with E-state index >= 15 is 0 Å². The van der Waals surface area contributed by atoms with Crippen molar-refractivity contribution in [1.29, 1.82) is 0 Å². The van der Waals surface area contributed by atoms with E-state index in [1.165, 1.54) is 11.3 Å². The summed E-state index contributed by atoms with van der Waals surface area (Å²) >= 11 is 3.60. The fourth-order valence-electron chi connectivity index (χ4n) is 1.20. The molecule has 0 atom stereocenters. The topological polar surface area (TPSA) is 57.8 Å². The quantitative estimate of drug-likeness (QED) is 0.813. The molecule has 13 heavy (non-hydrogen) atoms. The number of aliphatic hydroxyl groups excluding tert-OH is 2. The second-order valence-electron chi connectivity index (χ2n) is 2.50. The zero-order chi connectivity index (χ0) is 9.42. The Kier molecular flexibility index (Phi) is 2.54. The molecule has 0 unspecified atom stereocenters. The van der Waals surface area contributed by atoms with Gasteiger partial charge in [0.05, 0.1) is 23.8 Å². The maximum atomic E-state index is 9.09. The van der Waals surface area contributed by atoms with Gasteiger partial charge in [0.1, 0.15) is 14.9 Å². The molecule has 2 rings (SSSR count). The van der Waals surface area contributed by atoms with Crippen molar-refractivity contribution in [2.24, 2.45) is 0 Å². The zero-order valence-electron chi connectivity index (χ0n) is 6.57. The van der Waals surface area contributed by atoms with Crippen LogP contribution in [0.4, 0.5) is 0 Å². The van der Waals surface area contributed by atoms with E-state index in [1.807, 2.05) is 4.40 Å². The van der Waals surface area contributed by atoms with Gasteiger partial charge in [-0.15, -0.1) is 11.3 Å². The molecule has 0 aromatic carbocycles. The maximum absolute atomic E-state index is 9.09. The normalized spacial score (nSPS) is 11.3. The fraction of sp³-hybridized carbons (Fsp3) is 0.286. The van der Waals surface area contributed by atoms with Gasteiger partial charge in [-0.05, 0) is 22.6 Å². The highest BCUT2D eigenvalue weighted by Crippen LogP contribution is 2.26. The number of aromatic nitrogens is 2. The summed E-state index contributed by atoms with van der Waals surface area (Å²) in [5.41, 5.74) is 0.734. The van der Waals surface area contributed by atoms with Crippen molar-refractivity contribution in [1.82, 2.24) is 9.38 Å². The Hall–Kier alpha value is -0.180. The second kappa shape index (κ2) is 3.52. The maximum Gasteiger partial charge on any atom is 0.137 e. The monoisotopic (exact) mass is 310 g/mol. The van der Waals surface area contributed by atoms with Crippen molar-refractivity contribution in [3.05, 3.63) is 20.6 Å². The highest BCUT2D eigenvalue weighted by Gasteiger charge is 2.13. The van der Waals surface area contributed by atoms with Crippen molar-refractivity contribution in [2.75, 3.05) is 0 Å². The third kappa shape index (κ3) is 1.37. The van der Waals surface area contributed by atoms with Gasteiger partial charge in [0.25, 0.3) is 0 Å². The number of nitrogens with zero attached hydrogens (tertiary/aromatic N) is 2. The number of aliphatic hydroxyl groups is 2. The number of halogens is 1. The van der Waals surface area contributed by atoms with E-state index in [2.05, 4.69) is 27.6 Å². The molecular formula is C7H7IN2O2S. The van der Waals surface area contributed by atoms with Crippen LogP contribution in [0.1, 0.15) is 10.6 Å². The van der Waals surface area contributed by atoms with Crippen LogP contribution in [0.2, 0.25) is 0 Å².